The van der Waals surface area contributed by atoms with Crippen LogP contribution in [0.2, 0.25) is 0 Å². The van der Waals surface area contributed by atoms with Crippen LogP contribution in [0.15, 0.2) is 70.1 Å². The molecule has 0 unspecified atom stereocenters. The zero-order chi connectivity index (χ0) is 20.0. The average Bonchev–Trinajstić information content (AvgIpc) is 3.16. The number of benzene rings is 2. The Morgan fingerprint density at radius 3 is 2.43 bits per heavy atom. The van der Waals surface area contributed by atoms with Gasteiger partial charge in [0.25, 0.3) is 0 Å². The van der Waals surface area contributed by atoms with Crippen LogP contribution >= 0.6 is 0 Å². The molecule has 1 heterocycles. The van der Waals surface area contributed by atoms with Gasteiger partial charge in [0.2, 0.25) is 17.7 Å². The molecule has 0 saturated heterocycles. The second kappa shape index (κ2) is 8.58. The topological polar surface area (TPSA) is 97.6 Å². The van der Waals surface area contributed by atoms with Gasteiger partial charge in [0.05, 0.1) is 17.6 Å². The normalized spacial score (nSPS) is 13.4. The number of aromatic nitrogens is 2. The van der Waals surface area contributed by atoms with E-state index < -0.39 is 5.54 Å². The third-order valence-electron chi connectivity index (χ3n) is 4.18. The number of carbonyl (C=O) groups is 1. The molecule has 0 saturated carbocycles. The molecule has 0 fully saturated rings. The smallest absolute Gasteiger partial charge is 0.236 e. The summed E-state index contributed by atoms with van der Waals surface area (Å²) in [5, 5.41) is 8.14. The van der Waals surface area contributed by atoms with Crippen molar-refractivity contribution >= 4 is 17.9 Å². The van der Waals surface area contributed by atoms with Gasteiger partial charge in [0, 0.05) is 6.92 Å². The molecule has 1 atom stereocenters. The van der Waals surface area contributed by atoms with Crippen LogP contribution in [0.1, 0.15) is 31.2 Å². The minimum atomic E-state index is -0.814. The Morgan fingerprint density at radius 1 is 1.14 bits per heavy atom. The van der Waals surface area contributed by atoms with Crippen molar-refractivity contribution in [1.29, 1.82) is 0 Å². The molecule has 0 bridgehead atoms. The highest BCUT2D eigenvalue weighted by Crippen LogP contribution is 2.22. The van der Waals surface area contributed by atoms with E-state index in [2.05, 4.69) is 15.2 Å². The fourth-order valence-corrected chi connectivity index (χ4v) is 2.67. The van der Waals surface area contributed by atoms with Gasteiger partial charge >= 0.3 is 0 Å². The van der Waals surface area contributed by atoms with Gasteiger partial charge in [-0.3, -0.25) is 9.69 Å². The summed E-state index contributed by atoms with van der Waals surface area (Å²) in [6.07, 6.45) is 2.02. The first-order valence-corrected chi connectivity index (χ1v) is 8.96. The van der Waals surface area contributed by atoms with E-state index >= 15 is 0 Å². The molecular weight excluding hydrogens is 354 g/mol. The molecule has 28 heavy (non-hydrogen) atoms. The van der Waals surface area contributed by atoms with E-state index in [0.717, 1.165) is 11.3 Å². The van der Waals surface area contributed by atoms with Crippen molar-refractivity contribution in [1.82, 2.24) is 15.1 Å². The summed E-state index contributed by atoms with van der Waals surface area (Å²) in [4.78, 5) is 17.6. The second-order valence-corrected chi connectivity index (χ2v) is 6.81. The molecular formula is C21H23N5O2. The number of amides is 1. The lowest BCUT2D eigenvalue weighted by Crippen LogP contribution is -2.36. The number of hydrogen-bond acceptors (Lipinski definition) is 6. The van der Waals surface area contributed by atoms with E-state index in [1.54, 1.807) is 0 Å². The number of nitrogens with zero attached hydrogens (tertiary/aromatic N) is 4. The first-order chi connectivity index (χ1) is 13.4. The summed E-state index contributed by atoms with van der Waals surface area (Å²) in [5.41, 5.74) is 7.42. The summed E-state index contributed by atoms with van der Waals surface area (Å²) in [6, 6.07) is 19.2. The molecule has 0 radical (unpaired) electrons. The molecule has 1 amide bonds. The Kier molecular flexibility index (Phi) is 5.96. The van der Waals surface area contributed by atoms with Crippen molar-refractivity contribution in [2.75, 3.05) is 0 Å². The van der Waals surface area contributed by atoms with Crippen LogP contribution in [0.5, 0.6) is 0 Å². The van der Waals surface area contributed by atoms with Crippen LogP contribution in [0, 0.1) is 0 Å². The van der Waals surface area contributed by atoms with Crippen molar-refractivity contribution < 1.29 is 9.21 Å². The number of para-hydroxylation sites is 1. The molecule has 3 rings (SSSR count). The molecule has 3 aromatic rings. The number of rotatable bonds is 7. The van der Waals surface area contributed by atoms with Crippen LogP contribution in [0.25, 0.3) is 0 Å². The Bertz CT molecular complexity index is 936. The SMILES string of the molecule is CC(=O)N(C=Nc1ccccc1)Cc1nnc([C@](C)(N)Cc2ccccc2)o1. The minimum absolute atomic E-state index is 0.125. The lowest BCUT2D eigenvalue weighted by molar-refractivity contribution is -0.125. The van der Waals surface area contributed by atoms with Gasteiger partial charge in [-0.15, -0.1) is 10.2 Å². The largest absolute Gasteiger partial charge is 0.421 e. The first-order valence-electron chi connectivity index (χ1n) is 8.96. The van der Waals surface area contributed by atoms with E-state index in [4.69, 9.17) is 10.2 Å². The molecule has 0 aliphatic rings. The quantitative estimate of drug-likeness (QED) is 0.504. The van der Waals surface area contributed by atoms with Crippen LogP contribution in [0.4, 0.5) is 5.69 Å². The third kappa shape index (κ3) is 5.11. The van der Waals surface area contributed by atoms with Gasteiger partial charge in [-0.25, -0.2) is 4.99 Å². The van der Waals surface area contributed by atoms with Gasteiger partial charge in [-0.2, -0.15) is 0 Å². The maximum atomic E-state index is 11.9. The summed E-state index contributed by atoms with van der Waals surface area (Å²) < 4.78 is 5.75. The Hall–Kier alpha value is -3.32. The van der Waals surface area contributed by atoms with Crippen molar-refractivity contribution in [2.45, 2.75) is 32.4 Å². The van der Waals surface area contributed by atoms with E-state index in [1.807, 2.05) is 67.6 Å². The second-order valence-electron chi connectivity index (χ2n) is 6.81. The van der Waals surface area contributed by atoms with Gasteiger partial charge < -0.3 is 10.2 Å². The highest BCUT2D eigenvalue weighted by Gasteiger charge is 2.29. The molecule has 2 N–H and O–H groups in total. The maximum Gasteiger partial charge on any atom is 0.236 e. The predicted octanol–water partition coefficient (Wildman–Crippen LogP) is 3.19. The van der Waals surface area contributed by atoms with Crippen molar-refractivity contribution in [3.63, 3.8) is 0 Å². The van der Waals surface area contributed by atoms with Gasteiger partial charge in [-0.1, -0.05) is 48.5 Å². The lowest BCUT2D eigenvalue weighted by atomic mass is 9.94. The Labute approximate surface area is 163 Å². The number of aliphatic imine (C=N–C) groups is 1. The standard InChI is InChI=1S/C21H23N5O2/c1-16(27)26(15-23-18-11-7-4-8-12-18)14-19-24-25-20(28-19)21(2,22)13-17-9-5-3-6-10-17/h3-12,15H,13-14,22H2,1-2H3/t21-/m1/s1. The van der Waals surface area contributed by atoms with E-state index in [0.29, 0.717) is 18.2 Å². The summed E-state index contributed by atoms with van der Waals surface area (Å²) in [6.45, 7) is 3.42. The predicted molar refractivity (Wildman–Crippen MR) is 107 cm³/mol. The van der Waals surface area contributed by atoms with E-state index in [-0.39, 0.29) is 12.5 Å². The van der Waals surface area contributed by atoms with Crippen LogP contribution in [-0.2, 0) is 23.3 Å². The Balaban J connectivity index is 1.71. The summed E-state index contributed by atoms with van der Waals surface area (Å²) >= 11 is 0. The lowest BCUT2D eigenvalue weighted by Gasteiger charge is -2.20. The monoisotopic (exact) mass is 377 g/mol. The maximum absolute atomic E-state index is 11.9. The molecule has 1 aromatic heterocycles. The molecule has 7 nitrogen and oxygen atoms in total. The molecule has 144 valence electrons. The van der Waals surface area contributed by atoms with Crippen LogP contribution in [0.3, 0.4) is 0 Å². The minimum Gasteiger partial charge on any atom is -0.421 e. The van der Waals surface area contributed by atoms with E-state index in [9.17, 15) is 4.79 Å². The average molecular weight is 377 g/mol. The fourth-order valence-electron chi connectivity index (χ4n) is 2.67. The van der Waals surface area contributed by atoms with Crippen LogP contribution in [-0.4, -0.2) is 27.3 Å². The molecule has 0 spiro atoms. The van der Waals surface area contributed by atoms with E-state index in [1.165, 1.54) is 18.2 Å². The highest BCUT2D eigenvalue weighted by atomic mass is 16.4. The first kappa shape index (κ1) is 19.4. The van der Waals surface area contributed by atoms with Gasteiger partial charge in [0.1, 0.15) is 6.54 Å². The third-order valence-corrected chi connectivity index (χ3v) is 4.18. The van der Waals surface area contributed by atoms with Crippen molar-refractivity contribution in [3.8, 4) is 0 Å². The fraction of sp³-hybridized carbons (Fsp3) is 0.238. The highest BCUT2D eigenvalue weighted by molar-refractivity contribution is 5.86. The van der Waals surface area contributed by atoms with Crippen molar-refractivity contribution in [2.24, 2.45) is 10.7 Å². The molecule has 0 aliphatic heterocycles. The molecule has 7 heteroatoms. The number of hydrogen-bond donors (Lipinski definition) is 1. The number of carbonyl (C=O) groups excluding carboxylic acids is 1. The molecule has 2 aromatic carbocycles. The summed E-state index contributed by atoms with van der Waals surface area (Å²) in [5.74, 6) is 0.448. The van der Waals surface area contributed by atoms with Crippen molar-refractivity contribution in [3.05, 3.63) is 78.0 Å². The van der Waals surface area contributed by atoms with Gasteiger partial charge in [-0.05, 0) is 31.0 Å². The Morgan fingerprint density at radius 2 is 1.79 bits per heavy atom. The zero-order valence-corrected chi connectivity index (χ0v) is 15.9. The summed E-state index contributed by atoms with van der Waals surface area (Å²) in [7, 11) is 0. The number of nitrogens with two attached hydrogens (primary N) is 1. The van der Waals surface area contributed by atoms with Crippen LogP contribution < -0.4 is 5.73 Å². The zero-order valence-electron chi connectivity index (χ0n) is 15.9. The molecule has 0 aliphatic carbocycles. The van der Waals surface area contributed by atoms with Gasteiger partial charge in [0.15, 0.2) is 0 Å².